The van der Waals surface area contributed by atoms with Crippen LogP contribution in [0.15, 0.2) is 6.07 Å². The lowest BCUT2D eigenvalue weighted by Crippen LogP contribution is -2.14. The molecule has 0 amide bonds. The first-order chi connectivity index (χ1) is 8.69. The first-order valence-corrected chi connectivity index (χ1v) is 6.07. The first kappa shape index (κ1) is 15.3. The summed E-state index contributed by atoms with van der Waals surface area (Å²) in [7, 11) is 1.63. The van der Waals surface area contributed by atoms with Gasteiger partial charge in [0.15, 0.2) is 5.82 Å². The van der Waals surface area contributed by atoms with Gasteiger partial charge in [0.05, 0.1) is 29.9 Å². The van der Waals surface area contributed by atoms with E-state index in [2.05, 4.69) is 15.7 Å². The van der Waals surface area contributed by atoms with Crippen LogP contribution in [-0.2, 0) is 9.47 Å². The highest BCUT2D eigenvalue weighted by molar-refractivity contribution is 6.37. The summed E-state index contributed by atoms with van der Waals surface area (Å²) in [6.45, 7) is 2.22. The Hall–Kier alpha value is -0.790. The number of pyridine rings is 1. The summed E-state index contributed by atoms with van der Waals surface area (Å²) in [5.74, 6) is 6.14. The molecule has 0 aromatic carbocycles. The fourth-order valence-electron chi connectivity index (χ4n) is 1.18. The molecule has 1 aromatic heterocycles. The van der Waals surface area contributed by atoms with E-state index in [1.807, 2.05) is 0 Å². The van der Waals surface area contributed by atoms with E-state index in [0.717, 1.165) is 0 Å². The second-order valence-corrected chi connectivity index (χ2v) is 4.14. The number of halogens is 2. The molecule has 0 saturated carbocycles. The lowest BCUT2D eigenvalue weighted by Gasteiger charge is -2.10. The second kappa shape index (κ2) is 8.34. The molecule has 8 heteroatoms. The summed E-state index contributed by atoms with van der Waals surface area (Å²) < 4.78 is 10.1. The molecule has 4 N–H and O–H groups in total. The molecule has 0 spiro atoms. The van der Waals surface area contributed by atoms with Crippen LogP contribution in [0.1, 0.15) is 0 Å². The van der Waals surface area contributed by atoms with Crippen LogP contribution in [0.2, 0.25) is 10.0 Å². The molecule has 1 rings (SSSR count). The van der Waals surface area contributed by atoms with Gasteiger partial charge in [-0.3, -0.25) is 0 Å². The third kappa shape index (κ3) is 4.83. The number of hydrogen-bond acceptors (Lipinski definition) is 6. The van der Waals surface area contributed by atoms with Crippen LogP contribution in [-0.4, -0.2) is 38.5 Å². The van der Waals surface area contributed by atoms with E-state index < -0.39 is 0 Å². The average molecular weight is 295 g/mol. The molecule has 1 heterocycles. The maximum atomic E-state index is 5.98. The summed E-state index contributed by atoms with van der Waals surface area (Å²) in [5, 5.41) is 3.82. The molecule has 6 nitrogen and oxygen atoms in total. The number of anilines is 2. The zero-order valence-electron chi connectivity index (χ0n) is 10.0. The Bertz CT molecular complexity index is 379. The van der Waals surface area contributed by atoms with Crippen LogP contribution in [0.4, 0.5) is 11.6 Å². The molecule has 0 aliphatic heterocycles. The summed E-state index contributed by atoms with van der Waals surface area (Å²) in [6, 6.07) is 1.57. The molecule has 0 aliphatic carbocycles. The van der Waals surface area contributed by atoms with Gasteiger partial charge in [-0.1, -0.05) is 23.2 Å². The number of nitrogens with zero attached hydrogens (tertiary/aromatic N) is 1. The lowest BCUT2D eigenvalue weighted by atomic mass is 10.4. The monoisotopic (exact) mass is 294 g/mol. The van der Waals surface area contributed by atoms with Crippen molar-refractivity contribution in [2.75, 3.05) is 44.2 Å². The number of methoxy groups -OCH3 is 1. The smallest absolute Gasteiger partial charge is 0.161 e. The molecule has 102 valence electrons. The largest absolute Gasteiger partial charge is 0.382 e. The van der Waals surface area contributed by atoms with Crippen molar-refractivity contribution >= 4 is 34.8 Å². The van der Waals surface area contributed by atoms with E-state index in [-0.39, 0.29) is 0 Å². The summed E-state index contributed by atoms with van der Waals surface area (Å²) in [6.07, 6.45) is 0. The standard InChI is InChI=1S/C10H16Cl2N4O2/c1-17-4-5-18-3-2-14-9-7(11)6-8(12)10(15-9)16-13/h6H,2-5,13H2,1H3,(H2,14,15,16). The molecule has 0 aliphatic rings. The molecular weight excluding hydrogens is 279 g/mol. The predicted octanol–water partition coefficient (Wildman–Crippen LogP) is 1.75. The van der Waals surface area contributed by atoms with E-state index in [1.54, 1.807) is 13.2 Å². The van der Waals surface area contributed by atoms with Crippen LogP contribution in [0, 0.1) is 0 Å². The summed E-state index contributed by atoms with van der Waals surface area (Å²) >= 11 is 11.8. The Morgan fingerprint density at radius 3 is 2.61 bits per heavy atom. The van der Waals surface area contributed by atoms with Gasteiger partial charge in [0.1, 0.15) is 5.82 Å². The van der Waals surface area contributed by atoms with Crippen molar-refractivity contribution in [3.05, 3.63) is 16.1 Å². The molecule has 0 radical (unpaired) electrons. The normalized spacial score (nSPS) is 10.4. The molecule has 0 unspecified atom stereocenters. The van der Waals surface area contributed by atoms with Crippen molar-refractivity contribution in [2.45, 2.75) is 0 Å². The van der Waals surface area contributed by atoms with E-state index in [0.29, 0.717) is 48.0 Å². The SMILES string of the molecule is COCCOCCNc1nc(NN)c(Cl)cc1Cl. The zero-order chi connectivity index (χ0) is 13.4. The molecule has 18 heavy (non-hydrogen) atoms. The average Bonchev–Trinajstić information content (AvgIpc) is 2.36. The van der Waals surface area contributed by atoms with E-state index >= 15 is 0 Å². The van der Waals surface area contributed by atoms with Crippen molar-refractivity contribution in [3.63, 3.8) is 0 Å². The van der Waals surface area contributed by atoms with Gasteiger partial charge >= 0.3 is 0 Å². The fraction of sp³-hybridized carbons (Fsp3) is 0.500. The Kier molecular flexibility index (Phi) is 7.07. The van der Waals surface area contributed by atoms with Gasteiger partial charge < -0.3 is 20.2 Å². The van der Waals surface area contributed by atoms with Crippen molar-refractivity contribution < 1.29 is 9.47 Å². The molecule has 0 fully saturated rings. The minimum atomic E-state index is 0.365. The number of ether oxygens (including phenoxy) is 2. The number of rotatable bonds is 8. The van der Waals surface area contributed by atoms with Gasteiger partial charge in [-0.25, -0.2) is 10.8 Å². The Morgan fingerprint density at radius 1 is 1.22 bits per heavy atom. The Balaban J connectivity index is 2.42. The number of aromatic nitrogens is 1. The third-order valence-electron chi connectivity index (χ3n) is 2.04. The molecule has 0 saturated heterocycles. The highest BCUT2D eigenvalue weighted by Crippen LogP contribution is 2.28. The third-order valence-corrected chi connectivity index (χ3v) is 2.61. The first-order valence-electron chi connectivity index (χ1n) is 5.32. The van der Waals surface area contributed by atoms with Crippen molar-refractivity contribution in [3.8, 4) is 0 Å². The number of nitrogens with two attached hydrogens (primary N) is 1. The maximum Gasteiger partial charge on any atom is 0.161 e. The number of nitrogen functional groups attached to an aromatic ring is 1. The van der Waals surface area contributed by atoms with Crippen LogP contribution in [0.5, 0.6) is 0 Å². The highest BCUT2D eigenvalue weighted by atomic mass is 35.5. The molecular formula is C10H16Cl2N4O2. The fourth-order valence-corrected chi connectivity index (χ4v) is 1.66. The minimum Gasteiger partial charge on any atom is -0.382 e. The molecule has 1 aromatic rings. The zero-order valence-corrected chi connectivity index (χ0v) is 11.5. The predicted molar refractivity (Wildman–Crippen MR) is 73.3 cm³/mol. The van der Waals surface area contributed by atoms with Crippen LogP contribution in [0.25, 0.3) is 0 Å². The topological polar surface area (TPSA) is 81.4 Å². The van der Waals surface area contributed by atoms with E-state index in [1.165, 1.54) is 0 Å². The van der Waals surface area contributed by atoms with E-state index in [9.17, 15) is 0 Å². The van der Waals surface area contributed by atoms with Gasteiger partial charge in [-0.15, -0.1) is 0 Å². The van der Waals surface area contributed by atoms with Crippen molar-refractivity contribution in [2.24, 2.45) is 5.84 Å². The van der Waals surface area contributed by atoms with Gasteiger partial charge in [-0.05, 0) is 6.07 Å². The molecule has 0 atom stereocenters. The number of hydrazine groups is 1. The van der Waals surface area contributed by atoms with Gasteiger partial charge in [0.2, 0.25) is 0 Å². The Morgan fingerprint density at radius 2 is 1.94 bits per heavy atom. The number of nitrogens with one attached hydrogen (secondary N) is 2. The summed E-state index contributed by atoms with van der Waals surface area (Å²) in [4.78, 5) is 4.13. The van der Waals surface area contributed by atoms with Gasteiger partial charge in [-0.2, -0.15) is 0 Å². The highest BCUT2D eigenvalue weighted by Gasteiger charge is 2.07. The Labute approximate surface area is 116 Å². The van der Waals surface area contributed by atoms with Crippen molar-refractivity contribution in [1.29, 1.82) is 0 Å². The lowest BCUT2D eigenvalue weighted by molar-refractivity contribution is 0.0759. The maximum absolute atomic E-state index is 5.98. The number of hydrogen-bond donors (Lipinski definition) is 3. The quantitative estimate of drug-likeness (QED) is 0.385. The van der Waals surface area contributed by atoms with Crippen LogP contribution < -0.4 is 16.6 Å². The summed E-state index contributed by atoms with van der Waals surface area (Å²) in [5.41, 5.74) is 2.39. The van der Waals surface area contributed by atoms with Crippen LogP contribution in [0.3, 0.4) is 0 Å². The second-order valence-electron chi connectivity index (χ2n) is 3.33. The van der Waals surface area contributed by atoms with Gasteiger partial charge in [0, 0.05) is 13.7 Å². The van der Waals surface area contributed by atoms with Crippen LogP contribution >= 0.6 is 23.2 Å². The molecule has 0 bridgehead atoms. The van der Waals surface area contributed by atoms with E-state index in [4.69, 9.17) is 38.5 Å². The minimum absolute atomic E-state index is 0.365. The van der Waals surface area contributed by atoms with Crippen molar-refractivity contribution in [1.82, 2.24) is 4.98 Å². The van der Waals surface area contributed by atoms with Gasteiger partial charge in [0.25, 0.3) is 0 Å².